The van der Waals surface area contributed by atoms with E-state index in [0.29, 0.717) is 24.8 Å². The lowest BCUT2D eigenvalue weighted by Crippen LogP contribution is -2.28. The number of halogens is 4. The summed E-state index contributed by atoms with van der Waals surface area (Å²) >= 11 is 0. The van der Waals surface area contributed by atoms with Gasteiger partial charge in [0.1, 0.15) is 0 Å². The van der Waals surface area contributed by atoms with Crippen molar-refractivity contribution in [3.8, 4) is 5.75 Å². The molecule has 0 spiro atoms. The molecule has 2 rings (SSSR count). The monoisotopic (exact) mass is 312 g/mol. The number of hydrogen-bond acceptors (Lipinski definition) is 3. The first kappa shape index (κ1) is 15.1. The van der Waals surface area contributed by atoms with E-state index >= 15 is 0 Å². The lowest BCUT2D eigenvalue weighted by atomic mass is 10.0. The summed E-state index contributed by atoms with van der Waals surface area (Å²) in [4.78, 5) is 0. The maximum Gasteiger partial charge on any atom is 0.534 e. The third-order valence-electron chi connectivity index (χ3n) is 3.16. The Bertz CT molecular complexity index is 608. The second-order valence-electron chi connectivity index (χ2n) is 4.56. The lowest BCUT2D eigenvalue weighted by molar-refractivity contribution is -0.0500. The molecule has 1 aromatic carbocycles. The third kappa shape index (κ3) is 2.89. The van der Waals surface area contributed by atoms with Crippen molar-refractivity contribution < 1.29 is 30.2 Å². The summed E-state index contributed by atoms with van der Waals surface area (Å²) < 4.78 is 76.4. The van der Waals surface area contributed by atoms with Gasteiger partial charge in [-0.25, -0.2) is 4.39 Å². The van der Waals surface area contributed by atoms with Crippen LogP contribution in [0.3, 0.4) is 0 Å². The maximum absolute atomic E-state index is 14.1. The molecule has 1 aliphatic rings. The largest absolute Gasteiger partial charge is 0.534 e. The van der Waals surface area contributed by atoms with Crippen LogP contribution in [0.1, 0.15) is 30.4 Å². The van der Waals surface area contributed by atoms with Gasteiger partial charge in [0.15, 0.2) is 11.6 Å². The van der Waals surface area contributed by atoms with Gasteiger partial charge in [0.05, 0.1) is 0 Å². The van der Waals surface area contributed by atoms with Crippen molar-refractivity contribution in [1.29, 1.82) is 0 Å². The fourth-order valence-corrected chi connectivity index (χ4v) is 2.63. The molecule has 0 atom stereocenters. The van der Waals surface area contributed by atoms with Gasteiger partial charge < -0.3 is 4.18 Å². The molecule has 0 saturated heterocycles. The minimum absolute atomic E-state index is 0.248. The van der Waals surface area contributed by atoms with Crippen LogP contribution >= 0.6 is 0 Å². The van der Waals surface area contributed by atoms with Crippen LogP contribution in [0.2, 0.25) is 0 Å². The van der Waals surface area contributed by atoms with Gasteiger partial charge in [0.25, 0.3) is 0 Å². The van der Waals surface area contributed by atoms with E-state index in [1.165, 1.54) is 6.07 Å². The van der Waals surface area contributed by atoms with Crippen molar-refractivity contribution in [2.45, 2.75) is 37.6 Å². The summed E-state index contributed by atoms with van der Waals surface area (Å²) in [6, 6.07) is 2.35. The van der Waals surface area contributed by atoms with Crippen LogP contribution in [0.25, 0.3) is 0 Å². The van der Waals surface area contributed by atoms with Gasteiger partial charge in [0, 0.05) is 0 Å². The molecule has 1 aromatic rings. The zero-order valence-corrected chi connectivity index (χ0v) is 11.2. The van der Waals surface area contributed by atoms with Crippen molar-refractivity contribution in [1.82, 2.24) is 0 Å². The Kier molecular flexibility index (Phi) is 3.95. The van der Waals surface area contributed by atoms with Crippen LogP contribution in [0.15, 0.2) is 12.1 Å². The van der Waals surface area contributed by atoms with E-state index in [1.807, 2.05) is 0 Å². The predicted octanol–water partition coefficient (Wildman–Crippen LogP) is 3.32. The second kappa shape index (κ2) is 5.23. The minimum Gasteiger partial charge on any atom is -0.373 e. The highest BCUT2D eigenvalue weighted by Gasteiger charge is 2.49. The summed E-state index contributed by atoms with van der Waals surface area (Å²) in [5.74, 6) is -1.92. The van der Waals surface area contributed by atoms with Gasteiger partial charge in [-0.3, -0.25) is 0 Å². The van der Waals surface area contributed by atoms with E-state index in [-0.39, 0.29) is 5.56 Å². The third-order valence-corrected chi connectivity index (χ3v) is 4.13. The van der Waals surface area contributed by atoms with Crippen LogP contribution in [-0.4, -0.2) is 13.9 Å². The highest BCUT2D eigenvalue weighted by molar-refractivity contribution is 7.88. The number of hydrogen-bond donors (Lipinski definition) is 0. The fourth-order valence-electron chi connectivity index (χ4n) is 2.17. The molecule has 0 radical (unpaired) electrons. The van der Waals surface area contributed by atoms with Gasteiger partial charge in [-0.1, -0.05) is 12.5 Å². The van der Waals surface area contributed by atoms with E-state index in [2.05, 4.69) is 4.18 Å². The summed E-state index contributed by atoms with van der Waals surface area (Å²) in [6.07, 6.45) is 3.46. The normalized spacial score (nSPS) is 16.4. The van der Waals surface area contributed by atoms with E-state index in [4.69, 9.17) is 0 Å². The Morgan fingerprint density at radius 3 is 2.35 bits per heavy atom. The number of fused-ring (bicyclic) bond motifs is 1. The standard InChI is InChI=1S/C12H12F4O3S/c13-11-9-5-3-1-2-4-8(9)6-7-10(11)19-20(17,18)12(14,15)16/h6-7H,1-5H2. The number of rotatable bonds is 2. The Morgan fingerprint density at radius 1 is 1.05 bits per heavy atom. The smallest absolute Gasteiger partial charge is 0.373 e. The molecule has 0 fully saturated rings. The molecule has 0 bridgehead atoms. The van der Waals surface area contributed by atoms with Gasteiger partial charge in [-0.2, -0.15) is 21.6 Å². The Morgan fingerprint density at radius 2 is 1.70 bits per heavy atom. The fraction of sp³-hybridized carbons (Fsp3) is 0.500. The molecule has 112 valence electrons. The van der Waals surface area contributed by atoms with Gasteiger partial charge in [-0.15, -0.1) is 0 Å². The molecular weight excluding hydrogens is 300 g/mol. The first-order valence-corrected chi connectivity index (χ1v) is 7.44. The van der Waals surface area contributed by atoms with E-state index < -0.39 is 27.2 Å². The van der Waals surface area contributed by atoms with Crippen molar-refractivity contribution >= 4 is 10.1 Å². The first-order valence-electron chi connectivity index (χ1n) is 6.03. The lowest BCUT2D eigenvalue weighted by Gasteiger charge is -2.13. The SMILES string of the molecule is O=S(=O)(Oc1ccc2c(c1F)CCCCC2)C(F)(F)F. The Labute approximate surface area is 113 Å². The molecule has 0 saturated carbocycles. The molecule has 1 aliphatic carbocycles. The van der Waals surface area contributed by atoms with Crippen molar-refractivity contribution in [3.05, 3.63) is 29.1 Å². The average Bonchev–Trinajstić information content (AvgIpc) is 2.57. The molecule has 0 N–H and O–H groups in total. The number of aryl methyl sites for hydroxylation is 1. The van der Waals surface area contributed by atoms with Crippen LogP contribution in [0.5, 0.6) is 5.75 Å². The summed E-state index contributed by atoms with van der Waals surface area (Å²) in [5.41, 5.74) is -4.64. The second-order valence-corrected chi connectivity index (χ2v) is 6.10. The van der Waals surface area contributed by atoms with Crippen LogP contribution < -0.4 is 4.18 Å². The summed E-state index contributed by atoms with van der Waals surface area (Å²) in [5, 5.41) is 0. The molecule has 0 unspecified atom stereocenters. The zero-order valence-electron chi connectivity index (χ0n) is 10.3. The van der Waals surface area contributed by atoms with E-state index in [0.717, 1.165) is 18.9 Å². The van der Waals surface area contributed by atoms with Gasteiger partial charge in [0.2, 0.25) is 0 Å². The quantitative estimate of drug-likeness (QED) is 0.364. The predicted molar refractivity (Wildman–Crippen MR) is 63.3 cm³/mol. The van der Waals surface area contributed by atoms with Gasteiger partial charge in [-0.05, 0) is 42.9 Å². The number of alkyl halides is 3. The van der Waals surface area contributed by atoms with Crippen molar-refractivity contribution in [2.75, 3.05) is 0 Å². The number of benzene rings is 1. The van der Waals surface area contributed by atoms with E-state index in [9.17, 15) is 26.0 Å². The molecule has 0 heterocycles. The van der Waals surface area contributed by atoms with Crippen molar-refractivity contribution in [2.24, 2.45) is 0 Å². The van der Waals surface area contributed by atoms with Crippen LogP contribution in [-0.2, 0) is 23.0 Å². The molecule has 8 heteroatoms. The molecule has 0 amide bonds. The highest BCUT2D eigenvalue weighted by atomic mass is 32.2. The molecule has 0 aliphatic heterocycles. The molecule has 0 aromatic heterocycles. The summed E-state index contributed by atoms with van der Waals surface area (Å²) in [7, 11) is -5.85. The zero-order chi connectivity index (χ0) is 15.0. The maximum atomic E-state index is 14.1. The van der Waals surface area contributed by atoms with E-state index in [1.54, 1.807) is 0 Å². The van der Waals surface area contributed by atoms with Crippen molar-refractivity contribution in [3.63, 3.8) is 0 Å². The van der Waals surface area contributed by atoms with Gasteiger partial charge >= 0.3 is 15.6 Å². The Balaban J connectivity index is 2.38. The molecular formula is C12H12F4O3S. The van der Waals surface area contributed by atoms with Crippen LogP contribution in [0.4, 0.5) is 17.6 Å². The highest BCUT2D eigenvalue weighted by Crippen LogP contribution is 2.32. The first-order chi connectivity index (χ1) is 9.22. The molecule has 3 nitrogen and oxygen atoms in total. The average molecular weight is 312 g/mol. The minimum atomic E-state index is -5.85. The van der Waals surface area contributed by atoms with Crippen LogP contribution in [0, 0.1) is 5.82 Å². The molecule has 20 heavy (non-hydrogen) atoms. The summed E-state index contributed by atoms with van der Waals surface area (Å²) in [6.45, 7) is 0. The topological polar surface area (TPSA) is 43.4 Å². The Hall–Kier alpha value is -1.31.